The van der Waals surface area contributed by atoms with Gasteiger partial charge in [-0.25, -0.2) is 17.7 Å². The summed E-state index contributed by atoms with van der Waals surface area (Å²) in [6, 6.07) is 9.07. The Balaban J connectivity index is 1.91. The molecule has 9 heteroatoms. The van der Waals surface area contributed by atoms with E-state index in [1.807, 2.05) is 25.2 Å². The molecule has 0 aliphatic heterocycles. The van der Waals surface area contributed by atoms with Gasteiger partial charge in [0.2, 0.25) is 10.0 Å². The largest absolute Gasteiger partial charge is 0.327 e. The van der Waals surface area contributed by atoms with Crippen molar-refractivity contribution in [1.82, 2.24) is 18.8 Å². The van der Waals surface area contributed by atoms with Crippen LogP contribution >= 0.6 is 22.9 Å². The van der Waals surface area contributed by atoms with Crippen LogP contribution in [0.25, 0.3) is 11.0 Å². The summed E-state index contributed by atoms with van der Waals surface area (Å²) >= 11 is 7.58. The number of imidazole rings is 1. The topological polar surface area (TPSA) is 58.4 Å². The van der Waals surface area contributed by atoms with E-state index < -0.39 is 10.0 Å². The van der Waals surface area contributed by atoms with Gasteiger partial charge in [0.1, 0.15) is 5.82 Å². The van der Waals surface area contributed by atoms with Gasteiger partial charge in [-0.1, -0.05) is 11.6 Å². The molecule has 0 amide bonds. The van der Waals surface area contributed by atoms with Crippen LogP contribution in [0.3, 0.4) is 0 Å². The second-order valence-corrected chi connectivity index (χ2v) is 10.5. The molecule has 0 aliphatic carbocycles. The Morgan fingerprint density at radius 1 is 1.15 bits per heavy atom. The Labute approximate surface area is 169 Å². The van der Waals surface area contributed by atoms with Gasteiger partial charge < -0.3 is 4.57 Å². The number of aromatic nitrogens is 2. The standard InChI is InChI=1S/C18H23ClN4O2S2/c1-5-23-16-8-7-14(27(24,25)21(2)3)10-15(16)20-18(23)12-22(4)11-13-6-9-17(19)26-13/h6-10H,5,11-12H2,1-4H3. The van der Waals surface area contributed by atoms with Gasteiger partial charge in [-0.2, -0.15) is 0 Å². The quantitative estimate of drug-likeness (QED) is 0.578. The van der Waals surface area contributed by atoms with Crippen molar-refractivity contribution in [3.63, 3.8) is 0 Å². The maximum absolute atomic E-state index is 12.4. The molecule has 0 fully saturated rings. The molecule has 0 bridgehead atoms. The molecule has 0 spiro atoms. The Hall–Kier alpha value is -1.45. The number of nitrogens with zero attached hydrogens (tertiary/aromatic N) is 4. The molecule has 2 aromatic heterocycles. The van der Waals surface area contributed by atoms with Crippen molar-refractivity contribution in [2.75, 3.05) is 21.1 Å². The van der Waals surface area contributed by atoms with Gasteiger partial charge in [0, 0.05) is 32.1 Å². The smallest absolute Gasteiger partial charge is 0.242 e. The first-order valence-corrected chi connectivity index (χ1v) is 11.2. The Kier molecular flexibility index (Phi) is 5.93. The highest BCUT2D eigenvalue weighted by Gasteiger charge is 2.20. The van der Waals surface area contributed by atoms with Crippen LogP contribution in [0.4, 0.5) is 0 Å². The van der Waals surface area contributed by atoms with Gasteiger partial charge >= 0.3 is 0 Å². The van der Waals surface area contributed by atoms with E-state index in [0.717, 1.165) is 28.8 Å². The SMILES string of the molecule is CCn1c(CN(C)Cc2ccc(Cl)s2)nc2cc(S(=O)(=O)N(C)C)ccc21. The molecule has 6 nitrogen and oxygen atoms in total. The second kappa shape index (κ2) is 7.89. The average molecular weight is 427 g/mol. The summed E-state index contributed by atoms with van der Waals surface area (Å²) in [6.07, 6.45) is 0. The number of thiophene rings is 1. The van der Waals surface area contributed by atoms with Crippen molar-refractivity contribution in [3.8, 4) is 0 Å². The second-order valence-electron chi connectivity index (χ2n) is 6.59. The molecule has 0 radical (unpaired) electrons. The Morgan fingerprint density at radius 3 is 2.48 bits per heavy atom. The average Bonchev–Trinajstić information content (AvgIpc) is 3.16. The molecule has 0 aliphatic rings. The predicted molar refractivity (Wildman–Crippen MR) is 111 cm³/mol. The van der Waals surface area contributed by atoms with Crippen LogP contribution in [0.1, 0.15) is 17.6 Å². The van der Waals surface area contributed by atoms with E-state index in [-0.39, 0.29) is 4.90 Å². The minimum atomic E-state index is -3.48. The molecule has 0 saturated heterocycles. The third-order valence-corrected chi connectivity index (χ3v) is 7.39. The molecule has 1 aromatic carbocycles. The van der Waals surface area contributed by atoms with E-state index in [0.29, 0.717) is 12.1 Å². The minimum Gasteiger partial charge on any atom is -0.327 e. The van der Waals surface area contributed by atoms with Gasteiger partial charge in [0.15, 0.2) is 0 Å². The number of benzene rings is 1. The third-order valence-electron chi connectivity index (χ3n) is 4.36. The van der Waals surface area contributed by atoms with E-state index in [1.54, 1.807) is 23.5 Å². The van der Waals surface area contributed by atoms with Gasteiger partial charge in [-0.3, -0.25) is 4.90 Å². The first-order valence-electron chi connectivity index (χ1n) is 8.56. The number of aryl methyl sites for hydroxylation is 1. The first-order chi connectivity index (χ1) is 12.7. The summed E-state index contributed by atoms with van der Waals surface area (Å²) < 4.78 is 28.9. The molecule has 3 rings (SSSR count). The summed E-state index contributed by atoms with van der Waals surface area (Å²) in [5.41, 5.74) is 1.64. The van der Waals surface area contributed by atoms with E-state index in [9.17, 15) is 8.42 Å². The number of sulfonamides is 1. The lowest BCUT2D eigenvalue weighted by Crippen LogP contribution is -2.22. The van der Waals surface area contributed by atoms with Crippen molar-refractivity contribution in [2.24, 2.45) is 0 Å². The number of halogens is 1. The summed E-state index contributed by atoms with van der Waals surface area (Å²) in [5, 5.41) is 0. The first kappa shape index (κ1) is 20.3. The molecule has 0 atom stereocenters. The third kappa shape index (κ3) is 4.20. The minimum absolute atomic E-state index is 0.258. The van der Waals surface area contributed by atoms with Crippen LogP contribution in [-0.4, -0.2) is 48.3 Å². The predicted octanol–water partition coefficient (Wildman–Crippen LogP) is 3.65. The fourth-order valence-corrected chi connectivity index (χ4v) is 5.09. The molecule has 0 unspecified atom stereocenters. The molecule has 2 heterocycles. The van der Waals surface area contributed by atoms with E-state index in [1.165, 1.54) is 23.3 Å². The summed E-state index contributed by atoms with van der Waals surface area (Å²) in [4.78, 5) is 8.35. The molecule has 27 heavy (non-hydrogen) atoms. The van der Waals surface area contributed by atoms with Gasteiger partial charge in [-0.05, 0) is 44.3 Å². The lowest BCUT2D eigenvalue weighted by Gasteiger charge is -2.16. The number of fused-ring (bicyclic) bond motifs is 1. The molecular formula is C18H23ClN4O2S2. The highest BCUT2D eigenvalue weighted by atomic mass is 35.5. The summed E-state index contributed by atoms with van der Waals surface area (Å²) in [7, 11) is 1.62. The van der Waals surface area contributed by atoms with Crippen molar-refractivity contribution in [2.45, 2.75) is 31.5 Å². The number of rotatable bonds is 7. The maximum atomic E-state index is 12.4. The van der Waals surface area contributed by atoms with Crippen LogP contribution < -0.4 is 0 Å². The van der Waals surface area contributed by atoms with E-state index in [2.05, 4.69) is 16.4 Å². The number of hydrogen-bond acceptors (Lipinski definition) is 5. The zero-order valence-corrected chi connectivity index (χ0v) is 18.2. The Morgan fingerprint density at radius 2 is 1.89 bits per heavy atom. The number of hydrogen-bond donors (Lipinski definition) is 0. The van der Waals surface area contributed by atoms with Gasteiger partial charge in [0.25, 0.3) is 0 Å². The highest BCUT2D eigenvalue weighted by molar-refractivity contribution is 7.89. The lowest BCUT2D eigenvalue weighted by molar-refractivity contribution is 0.309. The van der Waals surface area contributed by atoms with Crippen LogP contribution in [0.2, 0.25) is 4.34 Å². The van der Waals surface area contributed by atoms with Gasteiger partial charge in [-0.15, -0.1) is 11.3 Å². The van der Waals surface area contributed by atoms with Gasteiger partial charge in [0.05, 0.1) is 26.8 Å². The molecule has 146 valence electrons. The van der Waals surface area contributed by atoms with Crippen molar-refractivity contribution >= 4 is 44.0 Å². The molecular weight excluding hydrogens is 404 g/mol. The van der Waals surface area contributed by atoms with E-state index in [4.69, 9.17) is 16.6 Å². The Bertz CT molecular complexity index is 1060. The van der Waals surface area contributed by atoms with E-state index >= 15 is 0 Å². The highest BCUT2D eigenvalue weighted by Crippen LogP contribution is 2.25. The van der Waals surface area contributed by atoms with Crippen LogP contribution in [0, 0.1) is 0 Å². The lowest BCUT2D eigenvalue weighted by atomic mass is 10.3. The van der Waals surface area contributed by atoms with Crippen molar-refractivity contribution in [3.05, 3.63) is 45.4 Å². The van der Waals surface area contributed by atoms with Crippen molar-refractivity contribution < 1.29 is 8.42 Å². The van der Waals surface area contributed by atoms with Crippen LogP contribution in [-0.2, 0) is 29.7 Å². The molecule has 3 aromatic rings. The zero-order chi connectivity index (χ0) is 19.8. The fourth-order valence-electron chi connectivity index (χ4n) is 3.00. The maximum Gasteiger partial charge on any atom is 0.242 e. The molecule has 0 saturated carbocycles. The van der Waals surface area contributed by atoms with Crippen LogP contribution in [0.15, 0.2) is 35.2 Å². The summed E-state index contributed by atoms with van der Waals surface area (Å²) in [6.45, 7) is 4.27. The normalized spacial score (nSPS) is 12.6. The fraction of sp³-hybridized carbons (Fsp3) is 0.389. The van der Waals surface area contributed by atoms with Crippen molar-refractivity contribution in [1.29, 1.82) is 0 Å². The zero-order valence-electron chi connectivity index (χ0n) is 15.8. The monoisotopic (exact) mass is 426 g/mol. The summed E-state index contributed by atoms with van der Waals surface area (Å²) in [5.74, 6) is 0.914. The molecule has 0 N–H and O–H groups in total. The van der Waals surface area contributed by atoms with Crippen LogP contribution in [0.5, 0.6) is 0 Å².